The minimum Gasteiger partial charge on any atom is -0.598 e. The summed E-state index contributed by atoms with van der Waals surface area (Å²) >= 11 is -0.996. The Morgan fingerprint density at radius 1 is 1.48 bits per heavy atom. The van der Waals surface area contributed by atoms with Crippen LogP contribution in [0.1, 0.15) is 43.5 Å². The van der Waals surface area contributed by atoms with E-state index in [-0.39, 0.29) is 6.04 Å². The summed E-state index contributed by atoms with van der Waals surface area (Å²) < 4.78 is 20.8. The number of hydrogen-bond donors (Lipinski definition) is 1. The van der Waals surface area contributed by atoms with Gasteiger partial charge in [0.25, 0.3) is 0 Å². The second kappa shape index (κ2) is 9.59. The van der Waals surface area contributed by atoms with Gasteiger partial charge in [0.1, 0.15) is 5.75 Å². The molecule has 130 valence electrons. The third-order valence-corrected chi connectivity index (χ3v) is 5.45. The van der Waals surface area contributed by atoms with Crippen LogP contribution in [-0.2, 0) is 16.1 Å². The van der Waals surface area contributed by atoms with Crippen molar-refractivity contribution >= 4 is 11.4 Å². The zero-order valence-corrected chi connectivity index (χ0v) is 15.3. The van der Waals surface area contributed by atoms with Crippen molar-refractivity contribution in [3.63, 3.8) is 0 Å². The molecule has 5 nitrogen and oxygen atoms in total. The second-order valence-corrected chi connectivity index (χ2v) is 7.58. The Balaban J connectivity index is 1.89. The number of aryl methyl sites for hydroxylation is 1. The standard InChI is InChI=1S/C17H29N3O2S/c1-4-5-10-23(21)19-17(16-7-6-14(2)11-18-16)8-9-20-12-15(13-20)22-3/h6-7,11,15,17,19H,4-5,8-10,12-13H2,1-3H3/t17?,23-/m1/s1. The summed E-state index contributed by atoms with van der Waals surface area (Å²) in [7, 11) is 1.76. The summed E-state index contributed by atoms with van der Waals surface area (Å²) in [5.41, 5.74) is 2.12. The molecule has 1 unspecified atom stereocenters. The molecule has 0 radical (unpaired) electrons. The van der Waals surface area contributed by atoms with E-state index in [9.17, 15) is 4.55 Å². The average Bonchev–Trinajstić information content (AvgIpc) is 2.51. The highest BCUT2D eigenvalue weighted by Crippen LogP contribution is 2.20. The van der Waals surface area contributed by atoms with Crippen LogP contribution < -0.4 is 4.72 Å². The monoisotopic (exact) mass is 339 g/mol. The van der Waals surface area contributed by atoms with E-state index in [1.807, 2.05) is 19.2 Å². The molecule has 0 spiro atoms. The third kappa shape index (κ3) is 6.04. The molecule has 1 aliphatic heterocycles. The molecule has 1 fully saturated rings. The van der Waals surface area contributed by atoms with Crippen LogP contribution in [0.4, 0.5) is 0 Å². The fourth-order valence-corrected chi connectivity index (χ4v) is 3.84. The first kappa shape index (κ1) is 18.7. The van der Waals surface area contributed by atoms with E-state index in [0.29, 0.717) is 11.9 Å². The van der Waals surface area contributed by atoms with E-state index < -0.39 is 11.4 Å². The first-order chi connectivity index (χ1) is 11.1. The van der Waals surface area contributed by atoms with Crippen LogP contribution in [0.5, 0.6) is 0 Å². The van der Waals surface area contributed by atoms with Gasteiger partial charge in [-0.3, -0.25) is 9.88 Å². The Labute approximate surface area is 143 Å². The van der Waals surface area contributed by atoms with Crippen molar-refractivity contribution in [2.45, 2.75) is 45.3 Å². The van der Waals surface area contributed by atoms with Crippen molar-refractivity contribution in [2.24, 2.45) is 0 Å². The molecular weight excluding hydrogens is 310 g/mol. The molecule has 6 heteroatoms. The molecule has 1 N–H and O–H groups in total. The van der Waals surface area contributed by atoms with Crippen molar-refractivity contribution in [3.8, 4) is 0 Å². The lowest BCUT2D eigenvalue weighted by molar-refractivity contribution is -0.0303. The van der Waals surface area contributed by atoms with Gasteiger partial charge in [-0.2, -0.15) is 0 Å². The van der Waals surface area contributed by atoms with Gasteiger partial charge in [-0.05, 0) is 31.4 Å². The Kier molecular flexibility index (Phi) is 7.79. The minimum atomic E-state index is -0.996. The molecular formula is C17H29N3O2S. The van der Waals surface area contributed by atoms with Gasteiger partial charge in [-0.25, -0.2) is 0 Å². The highest BCUT2D eigenvalue weighted by molar-refractivity contribution is 7.89. The SMILES string of the molecule is CCCC[S@@+]([O-])NC(CCN1CC(OC)C1)c1ccc(C)cn1. The first-order valence-corrected chi connectivity index (χ1v) is 9.76. The number of nitrogens with one attached hydrogen (secondary N) is 1. The lowest BCUT2D eigenvalue weighted by Crippen LogP contribution is -2.52. The van der Waals surface area contributed by atoms with E-state index in [1.165, 1.54) is 0 Å². The fourth-order valence-electron chi connectivity index (χ4n) is 2.61. The van der Waals surface area contributed by atoms with Crippen molar-refractivity contribution < 1.29 is 9.29 Å². The smallest absolute Gasteiger partial charge is 0.125 e. The largest absolute Gasteiger partial charge is 0.598 e. The summed E-state index contributed by atoms with van der Waals surface area (Å²) in [5, 5.41) is 0. The van der Waals surface area contributed by atoms with Crippen LogP contribution in [0, 0.1) is 6.92 Å². The number of nitrogens with zero attached hydrogens (tertiary/aromatic N) is 2. The molecule has 2 rings (SSSR count). The number of aromatic nitrogens is 1. The van der Waals surface area contributed by atoms with Gasteiger partial charge in [0.05, 0.1) is 17.8 Å². The van der Waals surface area contributed by atoms with E-state index in [0.717, 1.165) is 50.2 Å². The van der Waals surface area contributed by atoms with Crippen molar-refractivity contribution in [1.82, 2.24) is 14.6 Å². The normalized spacial score (nSPS) is 18.6. The third-order valence-electron chi connectivity index (χ3n) is 4.24. The highest BCUT2D eigenvalue weighted by atomic mass is 32.2. The number of rotatable bonds is 10. The molecule has 1 aromatic heterocycles. The van der Waals surface area contributed by atoms with E-state index in [4.69, 9.17) is 4.74 Å². The fraction of sp³-hybridized carbons (Fsp3) is 0.706. The Morgan fingerprint density at radius 2 is 2.26 bits per heavy atom. The zero-order chi connectivity index (χ0) is 16.7. The summed E-state index contributed by atoms with van der Waals surface area (Å²) in [6.07, 6.45) is 5.20. The van der Waals surface area contributed by atoms with Gasteiger partial charge < -0.3 is 9.29 Å². The maximum Gasteiger partial charge on any atom is 0.125 e. The molecule has 1 aromatic rings. The Hall–Kier alpha value is -0.660. The molecule has 0 bridgehead atoms. The van der Waals surface area contributed by atoms with Gasteiger partial charge in [-0.1, -0.05) is 19.4 Å². The number of likely N-dealkylation sites (tertiary alicyclic amines) is 1. The van der Waals surface area contributed by atoms with Gasteiger partial charge in [0.2, 0.25) is 0 Å². The maximum absolute atomic E-state index is 12.2. The lowest BCUT2D eigenvalue weighted by Gasteiger charge is -2.38. The predicted molar refractivity (Wildman–Crippen MR) is 94.6 cm³/mol. The number of hydrogen-bond acceptors (Lipinski definition) is 5. The van der Waals surface area contributed by atoms with Crippen LogP contribution in [0.2, 0.25) is 0 Å². The van der Waals surface area contributed by atoms with Gasteiger partial charge in [0, 0.05) is 44.3 Å². The minimum absolute atomic E-state index is 0.0369. The van der Waals surface area contributed by atoms with Crippen LogP contribution in [0.25, 0.3) is 0 Å². The van der Waals surface area contributed by atoms with E-state index in [1.54, 1.807) is 7.11 Å². The average molecular weight is 340 g/mol. The molecule has 23 heavy (non-hydrogen) atoms. The molecule has 0 amide bonds. The van der Waals surface area contributed by atoms with E-state index in [2.05, 4.69) is 27.6 Å². The zero-order valence-electron chi connectivity index (χ0n) is 14.5. The van der Waals surface area contributed by atoms with Crippen molar-refractivity contribution in [2.75, 3.05) is 32.5 Å². The van der Waals surface area contributed by atoms with E-state index >= 15 is 0 Å². The predicted octanol–water partition coefficient (Wildman–Crippen LogP) is 2.21. The molecule has 2 atom stereocenters. The number of ether oxygens (including phenoxy) is 1. The van der Waals surface area contributed by atoms with Crippen molar-refractivity contribution in [1.29, 1.82) is 0 Å². The molecule has 2 heterocycles. The van der Waals surface area contributed by atoms with Crippen LogP contribution in [0.3, 0.4) is 0 Å². The Morgan fingerprint density at radius 3 is 2.87 bits per heavy atom. The molecule has 0 saturated carbocycles. The quantitative estimate of drug-likeness (QED) is 0.662. The van der Waals surface area contributed by atoms with Crippen LogP contribution in [-0.4, -0.2) is 53.0 Å². The van der Waals surface area contributed by atoms with Crippen molar-refractivity contribution in [3.05, 3.63) is 29.6 Å². The molecule has 0 aliphatic carbocycles. The van der Waals surface area contributed by atoms with Crippen LogP contribution >= 0.6 is 0 Å². The number of pyridine rings is 1. The Bertz CT molecular complexity index is 452. The second-order valence-electron chi connectivity index (χ2n) is 6.24. The molecule has 1 saturated heterocycles. The molecule has 1 aliphatic rings. The van der Waals surface area contributed by atoms with Gasteiger partial charge in [-0.15, -0.1) is 4.72 Å². The number of methoxy groups -OCH3 is 1. The first-order valence-electron chi connectivity index (χ1n) is 8.44. The maximum atomic E-state index is 12.2. The summed E-state index contributed by atoms with van der Waals surface area (Å²) in [4.78, 5) is 6.89. The summed E-state index contributed by atoms with van der Waals surface area (Å²) in [5.74, 6) is 0.703. The topological polar surface area (TPSA) is 60.5 Å². The molecule has 0 aromatic carbocycles. The van der Waals surface area contributed by atoms with Gasteiger partial charge >= 0.3 is 0 Å². The highest BCUT2D eigenvalue weighted by Gasteiger charge is 2.28. The lowest BCUT2D eigenvalue weighted by atomic mass is 10.1. The van der Waals surface area contributed by atoms with Crippen LogP contribution in [0.15, 0.2) is 18.3 Å². The van der Waals surface area contributed by atoms with Gasteiger partial charge in [0.15, 0.2) is 0 Å². The summed E-state index contributed by atoms with van der Waals surface area (Å²) in [6, 6.07) is 4.14. The number of unbranched alkanes of at least 4 members (excludes halogenated alkanes) is 1. The summed E-state index contributed by atoms with van der Waals surface area (Å²) in [6.45, 7) is 7.10.